The van der Waals surface area contributed by atoms with E-state index in [4.69, 9.17) is 23.2 Å². The van der Waals surface area contributed by atoms with E-state index in [0.717, 1.165) is 21.9 Å². The van der Waals surface area contributed by atoms with Gasteiger partial charge in [-0.05, 0) is 73.9 Å². The lowest BCUT2D eigenvalue weighted by molar-refractivity contribution is 0.325. The lowest BCUT2D eigenvalue weighted by atomic mass is 9.86. The Labute approximate surface area is 185 Å². The molecular formula is C25H32Cl2N2. The molecule has 0 amide bonds. The van der Waals surface area contributed by atoms with Gasteiger partial charge in [0.2, 0.25) is 0 Å². The maximum Gasteiger partial charge on any atom is 0.0426 e. The largest absolute Gasteiger partial charge is 0.371 e. The summed E-state index contributed by atoms with van der Waals surface area (Å²) in [6, 6.07) is 16.6. The molecule has 2 fully saturated rings. The van der Waals surface area contributed by atoms with Crippen molar-refractivity contribution in [3.8, 4) is 0 Å². The smallest absolute Gasteiger partial charge is 0.0426 e. The molecular weight excluding hydrogens is 399 g/mol. The summed E-state index contributed by atoms with van der Waals surface area (Å²) in [7, 11) is 0. The monoisotopic (exact) mass is 430 g/mol. The average molecular weight is 431 g/mol. The van der Waals surface area contributed by atoms with Gasteiger partial charge in [-0.15, -0.1) is 0 Å². The van der Waals surface area contributed by atoms with E-state index in [1.165, 1.54) is 82.5 Å². The van der Waals surface area contributed by atoms with Crippen molar-refractivity contribution >= 4 is 34.6 Å². The highest BCUT2D eigenvalue weighted by atomic mass is 35.5. The Bertz CT molecular complexity index is 712. The SMILES string of the molecule is Clc1cccc(N2CCC(CCCC3CCN(c4cccc(Cl)c4)CC3)CC2)c1. The van der Waals surface area contributed by atoms with Gasteiger partial charge in [-0.25, -0.2) is 0 Å². The Morgan fingerprint density at radius 3 is 1.45 bits per heavy atom. The Hall–Kier alpha value is -1.38. The molecule has 4 heteroatoms. The van der Waals surface area contributed by atoms with Crippen LogP contribution in [-0.4, -0.2) is 26.2 Å². The van der Waals surface area contributed by atoms with Gasteiger partial charge in [0.25, 0.3) is 0 Å². The van der Waals surface area contributed by atoms with Gasteiger partial charge in [0, 0.05) is 47.6 Å². The van der Waals surface area contributed by atoms with Crippen molar-refractivity contribution in [1.29, 1.82) is 0 Å². The first kappa shape index (κ1) is 20.9. The van der Waals surface area contributed by atoms with Gasteiger partial charge in [0.05, 0.1) is 0 Å². The maximum absolute atomic E-state index is 6.15. The molecule has 0 saturated carbocycles. The minimum atomic E-state index is 0.839. The minimum absolute atomic E-state index is 0.839. The van der Waals surface area contributed by atoms with Crippen LogP contribution in [0.1, 0.15) is 44.9 Å². The molecule has 2 heterocycles. The Balaban J connectivity index is 1.14. The molecule has 2 aliphatic heterocycles. The van der Waals surface area contributed by atoms with E-state index in [-0.39, 0.29) is 0 Å². The van der Waals surface area contributed by atoms with Crippen LogP contribution in [0.2, 0.25) is 10.0 Å². The second kappa shape index (κ2) is 10.1. The minimum Gasteiger partial charge on any atom is -0.371 e. The standard InChI is InChI=1S/C25H32Cl2N2/c26-22-6-2-8-24(18-22)28-14-10-20(11-15-28)4-1-5-21-12-16-29(17-13-21)25-9-3-7-23(27)19-25/h2-3,6-9,18-21H,1,4-5,10-17H2. The van der Waals surface area contributed by atoms with Crippen molar-refractivity contribution in [2.24, 2.45) is 11.8 Å². The first-order chi connectivity index (χ1) is 14.2. The van der Waals surface area contributed by atoms with Gasteiger partial charge in [-0.1, -0.05) is 54.6 Å². The third-order valence-corrected chi connectivity index (χ3v) is 7.27. The van der Waals surface area contributed by atoms with Crippen LogP contribution in [0.25, 0.3) is 0 Å². The molecule has 0 atom stereocenters. The fourth-order valence-electron chi connectivity index (χ4n) is 5.00. The number of hydrogen-bond donors (Lipinski definition) is 0. The number of anilines is 2. The van der Waals surface area contributed by atoms with Gasteiger partial charge >= 0.3 is 0 Å². The number of benzene rings is 2. The van der Waals surface area contributed by atoms with E-state index in [1.807, 2.05) is 12.1 Å². The molecule has 4 rings (SSSR count). The first-order valence-corrected chi connectivity index (χ1v) is 11.9. The third-order valence-electron chi connectivity index (χ3n) is 6.80. The van der Waals surface area contributed by atoms with Crippen molar-refractivity contribution in [3.05, 3.63) is 58.6 Å². The maximum atomic E-state index is 6.15. The summed E-state index contributed by atoms with van der Waals surface area (Å²) >= 11 is 12.3. The fraction of sp³-hybridized carbons (Fsp3) is 0.520. The Morgan fingerprint density at radius 2 is 1.07 bits per heavy atom. The van der Waals surface area contributed by atoms with Gasteiger partial charge in [-0.2, -0.15) is 0 Å². The number of halogens is 2. The van der Waals surface area contributed by atoms with Crippen LogP contribution in [0, 0.1) is 11.8 Å². The molecule has 0 radical (unpaired) electrons. The Morgan fingerprint density at radius 1 is 0.655 bits per heavy atom. The normalized spacial score (nSPS) is 19.0. The summed E-state index contributed by atoms with van der Waals surface area (Å²) < 4.78 is 0. The van der Waals surface area contributed by atoms with Crippen molar-refractivity contribution in [2.45, 2.75) is 44.9 Å². The summed E-state index contributed by atoms with van der Waals surface area (Å²) in [6.45, 7) is 4.68. The van der Waals surface area contributed by atoms with Crippen LogP contribution in [0.3, 0.4) is 0 Å². The molecule has 2 nitrogen and oxygen atoms in total. The van der Waals surface area contributed by atoms with E-state index in [1.54, 1.807) is 0 Å². The fourth-order valence-corrected chi connectivity index (χ4v) is 5.37. The first-order valence-electron chi connectivity index (χ1n) is 11.2. The zero-order valence-corrected chi connectivity index (χ0v) is 18.7. The molecule has 156 valence electrons. The van der Waals surface area contributed by atoms with E-state index in [9.17, 15) is 0 Å². The van der Waals surface area contributed by atoms with E-state index >= 15 is 0 Å². The molecule has 0 spiro atoms. The second-order valence-corrected chi connectivity index (χ2v) is 9.62. The summed E-state index contributed by atoms with van der Waals surface area (Å²) in [5.41, 5.74) is 2.56. The molecule has 29 heavy (non-hydrogen) atoms. The number of rotatable bonds is 6. The van der Waals surface area contributed by atoms with Crippen molar-refractivity contribution in [3.63, 3.8) is 0 Å². The van der Waals surface area contributed by atoms with Gasteiger partial charge < -0.3 is 9.80 Å². The predicted octanol–water partition coefficient (Wildman–Crippen LogP) is 7.30. The molecule has 2 aromatic carbocycles. The zero-order valence-electron chi connectivity index (χ0n) is 17.2. The summed E-state index contributed by atoms with van der Waals surface area (Å²) in [4.78, 5) is 4.99. The summed E-state index contributed by atoms with van der Waals surface area (Å²) in [5, 5.41) is 1.68. The van der Waals surface area contributed by atoms with Crippen molar-refractivity contribution in [2.75, 3.05) is 36.0 Å². The lowest BCUT2D eigenvalue weighted by Crippen LogP contribution is -2.34. The second-order valence-electron chi connectivity index (χ2n) is 8.75. The quantitative estimate of drug-likeness (QED) is 0.474. The Kier molecular flexibility index (Phi) is 7.26. The van der Waals surface area contributed by atoms with Crippen LogP contribution >= 0.6 is 23.2 Å². The predicted molar refractivity (Wildman–Crippen MR) is 127 cm³/mol. The molecule has 2 aromatic rings. The molecule has 2 aliphatic rings. The van der Waals surface area contributed by atoms with Crippen LogP contribution in [0.4, 0.5) is 11.4 Å². The van der Waals surface area contributed by atoms with Gasteiger partial charge in [0.15, 0.2) is 0 Å². The third kappa shape index (κ3) is 5.83. The molecule has 0 unspecified atom stereocenters. The van der Waals surface area contributed by atoms with Crippen LogP contribution in [0.5, 0.6) is 0 Å². The topological polar surface area (TPSA) is 6.48 Å². The van der Waals surface area contributed by atoms with Gasteiger partial charge in [0.1, 0.15) is 0 Å². The van der Waals surface area contributed by atoms with Crippen molar-refractivity contribution < 1.29 is 0 Å². The highest BCUT2D eigenvalue weighted by Crippen LogP contribution is 2.31. The number of nitrogens with zero attached hydrogens (tertiary/aromatic N) is 2. The molecule has 2 saturated heterocycles. The van der Waals surface area contributed by atoms with Crippen molar-refractivity contribution in [1.82, 2.24) is 0 Å². The van der Waals surface area contributed by atoms with Crippen LogP contribution < -0.4 is 9.80 Å². The van der Waals surface area contributed by atoms with E-state index < -0.39 is 0 Å². The van der Waals surface area contributed by atoms with Crippen LogP contribution in [0.15, 0.2) is 48.5 Å². The lowest BCUT2D eigenvalue weighted by Gasteiger charge is -2.35. The molecule has 0 N–H and O–H groups in total. The van der Waals surface area contributed by atoms with Crippen LogP contribution in [-0.2, 0) is 0 Å². The molecule has 0 bridgehead atoms. The average Bonchev–Trinajstić information content (AvgIpc) is 2.75. The highest BCUT2D eigenvalue weighted by molar-refractivity contribution is 6.31. The summed E-state index contributed by atoms with van der Waals surface area (Å²) in [5.74, 6) is 1.80. The number of hydrogen-bond acceptors (Lipinski definition) is 2. The molecule has 0 aliphatic carbocycles. The molecule has 0 aromatic heterocycles. The highest BCUT2D eigenvalue weighted by Gasteiger charge is 2.22. The van der Waals surface area contributed by atoms with E-state index in [0.29, 0.717) is 0 Å². The number of piperidine rings is 2. The zero-order chi connectivity index (χ0) is 20.1. The van der Waals surface area contributed by atoms with Gasteiger partial charge in [-0.3, -0.25) is 0 Å². The van der Waals surface area contributed by atoms with E-state index in [2.05, 4.69) is 46.2 Å². The summed E-state index contributed by atoms with van der Waals surface area (Å²) in [6.07, 6.45) is 9.47.